The van der Waals surface area contributed by atoms with Crippen molar-refractivity contribution in [2.24, 2.45) is 11.8 Å². The van der Waals surface area contributed by atoms with Crippen LogP contribution in [0.1, 0.15) is 65.7 Å². The van der Waals surface area contributed by atoms with Gasteiger partial charge in [-0.1, -0.05) is 13.8 Å². The van der Waals surface area contributed by atoms with Gasteiger partial charge in [-0.15, -0.1) is 0 Å². The summed E-state index contributed by atoms with van der Waals surface area (Å²) in [5.74, 6) is -9.14. The van der Waals surface area contributed by atoms with Gasteiger partial charge in [0.25, 0.3) is 0 Å². The Morgan fingerprint density at radius 2 is 1.20 bits per heavy atom. The summed E-state index contributed by atoms with van der Waals surface area (Å²) in [6, 6.07) is -2.17. The molecule has 5 saturated heterocycles. The molecule has 25 heteroatoms. The minimum absolute atomic E-state index is 0.167. The quantitative estimate of drug-likeness (QED) is 0.0679. The summed E-state index contributed by atoms with van der Waals surface area (Å²) in [5, 5.41) is 26.8. The zero-order chi connectivity index (χ0) is 47.4. The molecule has 0 aromatic carbocycles. The zero-order valence-electron chi connectivity index (χ0n) is 37.2. The van der Waals surface area contributed by atoms with Gasteiger partial charge < -0.3 is 49.8 Å². The summed E-state index contributed by atoms with van der Waals surface area (Å²) in [7, 11) is -1.71. The monoisotopic (exact) mass is 920 g/mol. The van der Waals surface area contributed by atoms with Crippen LogP contribution in [0.5, 0.6) is 0 Å². The van der Waals surface area contributed by atoms with Crippen LogP contribution in [0.4, 0.5) is 0 Å². The SMILES string of the molecule is CC(C)[C@H](CC(=O)CNC(=O)CCC(=O)CNC(=O)CC[C@@H]1C(=O)OC23OC(=O)CN4CCN(CCN1CCN(CC4)CC(=O)O2)CC(=O)O3)C(=O)N[C@H](C)C(=O)N1CCC[C@H]1B(O)O. The van der Waals surface area contributed by atoms with Gasteiger partial charge in [-0.25, -0.2) is 0 Å². The van der Waals surface area contributed by atoms with E-state index in [-0.39, 0.29) is 83.8 Å². The summed E-state index contributed by atoms with van der Waals surface area (Å²) >= 11 is 0. The molecule has 0 aromatic heterocycles. The van der Waals surface area contributed by atoms with E-state index in [0.29, 0.717) is 45.6 Å². The number of ketones is 2. The Labute approximate surface area is 376 Å². The second kappa shape index (κ2) is 23.4. The van der Waals surface area contributed by atoms with E-state index in [2.05, 4.69) is 16.0 Å². The van der Waals surface area contributed by atoms with Crippen LogP contribution in [0, 0.1) is 11.8 Å². The maximum atomic E-state index is 13.9. The average molecular weight is 921 g/mol. The van der Waals surface area contributed by atoms with E-state index in [4.69, 9.17) is 18.9 Å². The molecule has 0 aromatic rings. The Bertz CT molecular complexity index is 1770. The molecule has 5 fully saturated rings. The van der Waals surface area contributed by atoms with E-state index in [1.807, 2.05) is 0 Å². The number of fused-ring (bicyclic) bond motifs is 12. The number of carbonyl (C=O) groups excluding carboxylic acids is 10. The van der Waals surface area contributed by atoms with E-state index < -0.39 is 109 Å². The minimum Gasteiger partial charge on any atom is -0.426 e. The second-order valence-electron chi connectivity index (χ2n) is 17.3. The van der Waals surface area contributed by atoms with E-state index in [1.165, 1.54) is 11.8 Å². The van der Waals surface area contributed by atoms with Gasteiger partial charge in [-0.05, 0) is 32.1 Å². The maximum Gasteiger partial charge on any atom is 0.619 e. The summed E-state index contributed by atoms with van der Waals surface area (Å²) in [5.41, 5.74) is 0. The molecule has 4 amide bonds. The van der Waals surface area contributed by atoms with Gasteiger partial charge in [0.1, 0.15) is 12.1 Å². The summed E-state index contributed by atoms with van der Waals surface area (Å²) < 4.78 is 21.5. The fraction of sp³-hybridized carbons (Fsp3) is 0.750. The highest BCUT2D eigenvalue weighted by atomic mass is 17.0. The average Bonchev–Trinajstić information content (AvgIpc) is 3.71. The Morgan fingerprint density at radius 3 is 1.72 bits per heavy atom. The third-order valence-electron chi connectivity index (χ3n) is 12.1. The first-order chi connectivity index (χ1) is 30.8. The zero-order valence-corrected chi connectivity index (χ0v) is 37.2. The lowest BCUT2D eigenvalue weighted by molar-refractivity contribution is -0.432. The molecule has 0 radical (unpaired) electrons. The molecule has 0 saturated carbocycles. The Balaban J connectivity index is 1.10. The smallest absolute Gasteiger partial charge is 0.426 e. The summed E-state index contributed by atoms with van der Waals surface area (Å²) in [4.78, 5) is 139. The van der Waals surface area contributed by atoms with Crippen molar-refractivity contribution in [3.8, 4) is 0 Å². The molecular formula is C40H61BN8O16. The molecule has 5 bridgehead atoms. The van der Waals surface area contributed by atoms with Crippen LogP contribution in [0.3, 0.4) is 0 Å². The van der Waals surface area contributed by atoms with Crippen molar-refractivity contribution < 1.29 is 76.9 Å². The molecule has 6 atom stereocenters. The van der Waals surface area contributed by atoms with Gasteiger partial charge in [-0.3, -0.25) is 67.5 Å². The first kappa shape index (κ1) is 50.9. The number of likely N-dealkylation sites (tertiary alicyclic amines) is 1. The molecule has 5 N–H and O–H groups in total. The Morgan fingerprint density at radius 1 is 0.692 bits per heavy atom. The van der Waals surface area contributed by atoms with E-state index >= 15 is 0 Å². The normalized spacial score (nSPS) is 28.1. The van der Waals surface area contributed by atoms with Crippen molar-refractivity contribution in [3.63, 3.8) is 0 Å². The van der Waals surface area contributed by atoms with Crippen molar-refractivity contribution in [2.75, 3.05) is 91.6 Å². The van der Waals surface area contributed by atoms with Crippen molar-refractivity contribution in [2.45, 2.75) is 89.9 Å². The number of hydrogen-bond acceptors (Lipinski definition) is 20. The number of esters is 4. The number of nitrogens with one attached hydrogen (secondary N) is 3. The highest BCUT2D eigenvalue weighted by molar-refractivity contribution is 6.43. The number of ether oxygens (including phenoxy) is 4. The standard InChI is InChI=1S/C40H61BN8O16/c1-25(2)29(37(57)44-26(3)38(58)49-10-4-5-31(49)41(60)61)19-28(51)21-43-32(52)8-6-27(50)20-42-33(53)9-7-30-39(59)65-40-62-34(54)22-45-11-13-46(23-35(55)63-40)15-17-48(30)18-16-47(14-12-45)24-36(56)64-40/h25-26,29-31,60-61H,4-24H2,1-3H3,(H,42,53)(H,43,52)(H,44,57)/t26-,29+,30-,31+/m1/s1. The molecule has 360 valence electrons. The van der Waals surface area contributed by atoms with Gasteiger partial charge in [0, 0.05) is 90.5 Å². The molecule has 5 heterocycles. The maximum absolute atomic E-state index is 13.9. The molecule has 0 aliphatic carbocycles. The van der Waals surface area contributed by atoms with E-state index in [1.54, 1.807) is 33.4 Å². The fourth-order valence-electron chi connectivity index (χ4n) is 8.30. The van der Waals surface area contributed by atoms with Crippen LogP contribution < -0.4 is 16.0 Å². The topological polar surface area (TPSA) is 300 Å². The molecule has 65 heavy (non-hydrogen) atoms. The van der Waals surface area contributed by atoms with Crippen LogP contribution in [0.25, 0.3) is 0 Å². The summed E-state index contributed by atoms with van der Waals surface area (Å²) in [6.45, 7) is 6.04. The van der Waals surface area contributed by atoms with Gasteiger partial charge in [-0.2, -0.15) is 0 Å². The van der Waals surface area contributed by atoms with Gasteiger partial charge >= 0.3 is 37.2 Å². The molecule has 5 aliphatic rings. The first-order valence-electron chi connectivity index (χ1n) is 22.1. The highest BCUT2D eigenvalue weighted by Crippen LogP contribution is 2.26. The second-order valence-corrected chi connectivity index (χ2v) is 17.3. The molecule has 2 unspecified atom stereocenters. The lowest BCUT2D eigenvalue weighted by Gasteiger charge is -2.35. The number of hydrogen-bond donors (Lipinski definition) is 5. The molecule has 24 nitrogen and oxygen atoms in total. The Kier molecular flexibility index (Phi) is 18.3. The molecule has 5 rings (SSSR count). The van der Waals surface area contributed by atoms with Crippen molar-refractivity contribution in [1.29, 1.82) is 0 Å². The van der Waals surface area contributed by atoms with E-state index in [0.717, 1.165) is 0 Å². The fourth-order valence-corrected chi connectivity index (χ4v) is 8.30. The number of carbonyl (C=O) groups is 10. The largest absolute Gasteiger partial charge is 0.619 e. The summed E-state index contributed by atoms with van der Waals surface area (Å²) in [6.07, 6.45) is -3.43. The van der Waals surface area contributed by atoms with Crippen molar-refractivity contribution in [3.05, 3.63) is 0 Å². The van der Waals surface area contributed by atoms with Crippen LogP contribution in [0.2, 0.25) is 0 Å². The number of rotatable bonds is 17. The Hall–Kier alpha value is -5.08. The number of nitrogens with zero attached hydrogens (tertiary/aromatic N) is 5. The number of amides is 4. The molecule has 1 spiro atoms. The van der Waals surface area contributed by atoms with Crippen LogP contribution >= 0.6 is 0 Å². The predicted octanol–water partition coefficient (Wildman–Crippen LogP) is -4.50. The van der Waals surface area contributed by atoms with Gasteiger partial charge in [0.2, 0.25) is 23.6 Å². The molecule has 5 aliphatic heterocycles. The minimum atomic E-state index is -3.16. The third-order valence-corrected chi connectivity index (χ3v) is 12.1. The lowest BCUT2D eigenvalue weighted by atomic mass is 9.78. The van der Waals surface area contributed by atoms with Crippen molar-refractivity contribution >= 4 is 66.2 Å². The highest BCUT2D eigenvalue weighted by Gasteiger charge is 2.53. The predicted molar refractivity (Wildman–Crippen MR) is 222 cm³/mol. The van der Waals surface area contributed by atoms with Crippen LogP contribution in [-0.2, 0) is 66.9 Å². The van der Waals surface area contributed by atoms with E-state index in [9.17, 15) is 58.0 Å². The van der Waals surface area contributed by atoms with Crippen LogP contribution in [-0.4, -0.2) is 217 Å². The first-order valence-corrected chi connectivity index (χ1v) is 22.1. The third kappa shape index (κ3) is 15.0. The number of Topliss-reactive ketones (excluding diaryl/α,β-unsaturated/α-hetero) is 2. The lowest BCUT2D eigenvalue weighted by Crippen LogP contribution is -2.53. The van der Waals surface area contributed by atoms with Crippen molar-refractivity contribution in [1.82, 2.24) is 40.4 Å². The van der Waals surface area contributed by atoms with Gasteiger partial charge in [0.15, 0.2) is 11.6 Å². The van der Waals surface area contributed by atoms with Crippen LogP contribution in [0.15, 0.2) is 0 Å². The molecular weight excluding hydrogens is 859 g/mol. The van der Waals surface area contributed by atoms with Gasteiger partial charge in [0.05, 0.1) is 38.7 Å².